The molecule has 0 saturated heterocycles. The van der Waals surface area contributed by atoms with Crippen LogP contribution >= 0.6 is 23.1 Å². The zero-order valence-corrected chi connectivity index (χ0v) is 15.3. The second-order valence-corrected chi connectivity index (χ2v) is 8.06. The number of nitrogens with zero attached hydrogens (tertiary/aromatic N) is 3. The standard InChI is InChI=1S/C13H18N6O3S2/c1-7-5-8(19-22-7)14-9(20)6-23-12-18-17-11(24-12)15-10(21)16-13(2,3)4/h5H,6H2,1-4H3,(H,14,19,20)(H2,15,16,17,21). The molecule has 0 spiro atoms. The van der Waals surface area contributed by atoms with E-state index in [1.807, 2.05) is 20.8 Å². The Morgan fingerprint density at radius 2 is 2.04 bits per heavy atom. The first kappa shape index (κ1) is 18.2. The predicted octanol–water partition coefficient (Wildman–Crippen LogP) is 2.49. The normalized spacial score (nSPS) is 11.2. The van der Waals surface area contributed by atoms with Crippen molar-refractivity contribution in [1.29, 1.82) is 0 Å². The maximum Gasteiger partial charge on any atom is 0.321 e. The van der Waals surface area contributed by atoms with Crippen LogP contribution in [0.1, 0.15) is 26.5 Å². The van der Waals surface area contributed by atoms with E-state index in [2.05, 4.69) is 31.3 Å². The van der Waals surface area contributed by atoms with E-state index in [9.17, 15) is 9.59 Å². The summed E-state index contributed by atoms with van der Waals surface area (Å²) in [6, 6.07) is 1.28. The fraction of sp³-hybridized carbons (Fsp3) is 0.462. The summed E-state index contributed by atoms with van der Waals surface area (Å²) in [6.45, 7) is 7.37. The van der Waals surface area contributed by atoms with Crippen LogP contribution in [0.15, 0.2) is 14.9 Å². The number of rotatable bonds is 5. The third kappa shape index (κ3) is 6.16. The first-order valence-corrected chi connectivity index (χ1v) is 8.80. The number of amides is 3. The molecule has 0 saturated carbocycles. The van der Waals surface area contributed by atoms with Gasteiger partial charge in [0.1, 0.15) is 5.76 Å². The molecule has 0 radical (unpaired) electrons. The highest BCUT2D eigenvalue weighted by Crippen LogP contribution is 2.25. The van der Waals surface area contributed by atoms with Gasteiger partial charge in [0.25, 0.3) is 0 Å². The average Bonchev–Trinajstić information content (AvgIpc) is 3.03. The maximum atomic E-state index is 11.8. The number of aryl methyl sites for hydroxylation is 1. The van der Waals surface area contributed by atoms with Crippen LogP contribution in [0.5, 0.6) is 0 Å². The minimum Gasteiger partial charge on any atom is -0.360 e. The molecular weight excluding hydrogens is 352 g/mol. The van der Waals surface area contributed by atoms with Crippen molar-refractivity contribution in [2.75, 3.05) is 16.4 Å². The van der Waals surface area contributed by atoms with Gasteiger partial charge >= 0.3 is 6.03 Å². The molecule has 9 nitrogen and oxygen atoms in total. The highest BCUT2D eigenvalue weighted by Gasteiger charge is 2.16. The molecule has 2 aromatic heterocycles. The SMILES string of the molecule is Cc1cc(NC(=O)CSc2nnc(NC(=O)NC(C)(C)C)s2)no1. The fourth-order valence-electron chi connectivity index (χ4n) is 1.52. The Morgan fingerprint density at radius 3 is 2.67 bits per heavy atom. The molecule has 11 heteroatoms. The summed E-state index contributed by atoms with van der Waals surface area (Å²) in [4.78, 5) is 23.5. The van der Waals surface area contributed by atoms with Crippen molar-refractivity contribution in [3.05, 3.63) is 11.8 Å². The fourth-order valence-corrected chi connectivity index (χ4v) is 3.07. The number of hydrogen-bond donors (Lipinski definition) is 3. The van der Waals surface area contributed by atoms with Crippen molar-refractivity contribution in [3.63, 3.8) is 0 Å². The molecule has 24 heavy (non-hydrogen) atoms. The number of carbonyl (C=O) groups is 2. The summed E-state index contributed by atoms with van der Waals surface area (Å²) in [5.41, 5.74) is -0.343. The van der Waals surface area contributed by atoms with Gasteiger partial charge in [-0.15, -0.1) is 10.2 Å². The highest BCUT2D eigenvalue weighted by molar-refractivity contribution is 8.01. The van der Waals surface area contributed by atoms with Gasteiger partial charge in [-0.1, -0.05) is 28.3 Å². The lowest BCUT2D eigenvalue weighted by Crippen LogP contribution is -2.43. The Morgan fingerprint density at radius 1 is 1.29 bits per heavy atom. The molecule has 2 rings (SSSR count). The van der Waals surface area contributed by atoms with E-state index in [4.69, 9.17) is 4.52 Å². The van der Waals surface area contributed by atoms with Crippen LogP contribution in [0.25, 0.3) is 0 Å². The highest BCUT2D eigenvalue weighted by atomic mass is 32.2. The third-order valence-corrected chi connectivity index (χ3v) is 4.31. The van der Waals surface area contributed by atoms with E-state index in [1.54, 1.807) is 13.0 Å². The second kappa shape index (κ2) is 7.62. The summed E-state index contributed by atoms with van der Waals surface area (Å²) in [5.74, 6) is 0.903. The number of anilines is 2. The molecule has 3 N–H and O–H groups in total. The number of nitrogens with one attached hydrogen (secondary N) is 3. The van der Waals surface area contributed by atoms with Crippen LogP contribution in [0, 0.1) is 6.92 Å². The van der Waals surface area contributed by atoms with Crippen molar-refractivity contribution in [2.24, 2.45) is 0 Å². The predicted molar refractivity (Wildman–Crippen MR) is 92.4 cm³/mol. The molecule has 2 aromatic rings. The molecular formula is C13H18N6O3S2. The molecule has 0 aliphatic heterocycles. The monoisotopic (exact) mass is 370 g/mol. The smallest absolute Gasteiger partial charge is 0.321 e. The van der Waals surface area contributed by atoms with E-state index in [-0.39, 0.29) is 23.2 Å². The van der Waals surface area contributed by atoms with Gasteiger partial charge in [0.2, 0.25) is 11.0 Å². The topological polar surface area (TPSA) is 122 Å². The minimum atomic E-state index is -0.352. The van der Waals surface area contributed by atoms with Crippen LogP contribution in [0.4, 0.5) is 15.7 Å². The Kier molecular flexibility index (Phi) is 5.78. The van der Waals surface area contributed by atoms with Gasteiger partial charge in [-0.25, -0.2) is 4.79 Å². The molecule has 2 heterocycles. The van der Waals surface area contributed by atoms with Crippen LogP contribution < -0.4 is 16.0 Å². The lowest BCUT2D eigenvalue weighted by Gasteiger charge is -2.19. The Balaban J connectivity index is 1.79. The van der Waals surface area contributed by atoms with Crippen LogP contribution in [-0.4, -0.2) is 38.6 Å². The van der Waals surface area contributed by atoms with E-state index in [1.165, 1.54) is 23.1 Å². The summed E-state index contributed by atoms with van der Waals surface area (Å²) >= 11 is 2.41. The summed E-state index contributed by atoms with van der Waals surface area (Å²) < 4.78 is 5.44. The summed E-state index contributed by atoms with van der Waals surface area (Å²) in [6.07, 6.45) is 0. The molecule has 0 atom stereocenters. The number of aromatic nitrogens is 3. The maximum absolute atomic E-state index is 11.8. The molecule has 3 amide bonds. The van der Waals surface area contributed by atoms with Gasteiger partial charge in [-0.3, -0.25) is 10.1 Å². The molecule has 0 fully saturated rings. The Labute approximate surface area is 147 Å². The molecule has 0 aromatic carbocycles. The first-order chi connectivity index (χ1) is 11.2. The van der Waals surface area contributed by atoms with Crippen LogP contribution in [0.2, 0.25) is 0 Å². The van der Waals surface area contributed by atoms with E-state index < -0.39 is 0 Å². The molecule has 0 bridgehead atoms. The first-order valence-electron chi connectivity index (χ1n) is 7.00. The zero-order chi connectivity index (χ0) is 17.7. The zero-order valence-electron chi connectivity index (χ0n) is 13.7. The molecule has 0 unspecified atom stereocenters. The van der Waals surface area contributed by atoms with Crippen molar-refractivity contribution in [3.8, 4) is 0 Å². The summed E-state index contributed by atoms with van der Waals surface area (Å²) in [5, 5.41) is 19.8. The largest absolute Gasteiger partial charge is 0.360 e. The molecule has 0 aliphatic rings. The van der Waals surface area contributed by atoms with Gasteiger partial charge in [0.05, 0.1) is 5.75 Å². The number of carbonyl (C=O) groups excluding carboxylic acids is 2. The van der Waals surface area contributed by atoms with Crippen molar-refractivity contribution in [2.45, 2.75) is 37.6 Å². The van der Waals surface area contributed by atoms with E-state index in [0.717, 1.165) is 0 Å². The quantitative estimate of drug-likeness (QED) is 0.546. The van der Waals surface area contributed by atoms with Crippen LogP contribution in [-0.2, 0) is 4.79 Å². The summed E-state index contributed by atoms with van der Waals surface area (Å²) in [7, 11) is 0. The average molecular weight is 370 g/mol. The van der Waals surface area contributed by atoms with Gasteiger partial charge in [-0.2, -0.15) is 0 Å². The van der Waals surface area contributed by atoms with E-state index in [0.29, 0.717) is 21.0 Å². The molecule has 0 aliphatic carbocycles. The lowest BCUT2D eigenvalue weighted by atomic mass is 10.1. The Bertz CT molecular complexity index is 721. The number of hydrogen-bond acceptors (Lipinski definition) is 8. The number of urea groups is 1. The molecule has 130 valence electrons. The van der Waals surface area contributed by atoms with Gasteiger partial charge in [-0.05, 0) is 27.7 Å². The third-order valence-electron chi connectivity index (χ3n) is 2.34. The van der Waals surface area contributed by atoms with Crippen molar-refractivity contribution < 1.29 is 14.1 Å². The van der Waals surface area contributed by atoms with E-state index >= 15 is 0 Å². The second-order valence-electron chi connectivity index (χ2n) is 5.86. The van der Waals surface area contributed by atoms with Crippen molar-refractivity contribution in [1.82, 2.24) is 20.7 Å². The Hall–Kier alpha value is -2.14. The minimum absolute atomic E-state index is 0.148. The van der Waals surface area contributed by atoms with Gasteiger partial charge in [0.15, 0.2) is 10.2 Å². The van der Waals surface area contributed by atoms with Gasteiger partial charge < -0.3 is 15.2 Å². The van der Waals surface area contributed by atoms with Crippen LogP contribution in [0.3, 0.4) is 0 Å². The lowest BCUT2D eigenvalue weighted by molar-refractivity contribution is -0.113. The van der Waals surface area contributed by atoms with Gasteiger partial charge in [0, 0.05) is 11.6 Å². The number of thioether (sulfide) groups is 1. The van der Waals surface area contributed by atoms with Crippen molar-refractivity contribution >= 4 is 46.0 Å².